The summed E-state index contributed by atoms with van der Waals surface area (Å²) in [6.07, 6.45) is 0.734. The lowest BCUT2D eigenvalue weighted by Gasteiger charge is -2.29. The van der Waals surface area contributed by atoms with E-state index >= 15 is 0 Å². The average Bonchev–Trinajstić information content (AvgIpc) is 2.65. The van der Waals surface area contributed by atoms with Gasteiger partial charge in [-0.05, 0) is 75.6 Å². The van der Waals surface area contributed by atoms with Gasteiger partial charge in [0.15, 0.2) is 0 Å². The van der Waals surface area contributed by atoms with E-state index in [1.165, 1.54) is 17.7 Å². The van der Waals surface area contributed by atoms with Crippen molar-refractivity contribution in [2.24, 2.45) is 0 Å². The van der Waals surface area contributed by atoms with Crippen LogP contribution in [0.4, 0.5) is 0 Å². The molecule has 1 aliphatic heterocycles. The van der Waals surface area contributed by atoms with Gasteiger partial charge < -0.3 is 9.64 Å². The minimum atomic E-state index is -3.87. The summed E-state index contributed by atoms with van der Waals surface area (Å²) in [5.41, 5.74) is 1.85. The van der Waals surface area contributed by atoms with Crippen LogP contribution >= 0.6 is 11.6 Å². The fraction of sp³-hybridized carbons (Fsp3) is 0.409. The van der Waals surface area contributed by atoms with Gasteiger partial charge in [0.2, 0.25) is 10.0 Å². The van der Waals surface area contributed by atoms with Gasteiger partial charge in [0.05, 0.1) is 11.6 Å². The van der Waals surface area contributed by atoms with Crippen LogP contribution in [0.25, 0.3) is 0 Å². The maximum Gasteiger partial charge on any atom is 0.254 e. The number of amides is 1. The van der Waals surface area contributed by atoms with Crippen LogP contribution < -0.4 is 9.46 Å². The number of hydrogen-bond donors (Lipinski definition) is 1. The van der Waals surface area contributed by atoms with E-state index in [1.54, 1.807) is 31.7 Å². The van der Waals surface area contributed by atoms with E-state index in [-0.39, 0.29) is 21.4 Å². The van der Waals surface area contributed by atoms with E-state index in [9.17, 15) is 13.2 Å². The second kappa shape index (κ2) is 8.57. The van der Waals surface area contributed by atoms with Crippen LogP contribution in [0.15, 0.2) is 41.3 Å². The predicted molar refractivity (Wildman–Crippen MR) is 118 cm³/mol. The number of carbonyl (C=O) groups excluding carboxylic acids is 1. The van der Waals surface area contributed by atoms with E-state index in [4.69, 9.17) is 16.3 Å². The Morgan fingerprint density at radius 1 is 1.17 bits per heavy atom. The maximum atomic E-state index is 13.1. The Hall–Kier alpha value is -2.09. The Kier molecular flexibility index (Phi) is 6.45. The van der Waals surface area contributed by atoms with Crippen LogP contribution in [0.1, 0.15) is 49.2 Å². The maximum absolute atomic E-state index is 13.1. The molecule has 8 heteroatoms. The number of fused-ring (bicyclic) bond motifs is 1. The number of carbonyl (C=O) groups is 1. The summed E-state index contributed by atoms with van der Waals surface area (Å²) in [5, 5.41) is 0.0774. The summed E-state index contributed by atoms with van der Waals surface area (Å²) in [6.45, 7) is 8.74. The van der Waals surface area contributed by atoms with Gasteiger partial charge in [-0.15, -0.1) is 0 Å². The zero-order chi connectivity index (χ0) is 22.1. The number of ether oxygens (including phenoxy) is 1. The number of hydrogen-bond acceptors (Lipinski definition) is 4. The molecule has 0 bridgehead atoms. The largest absolute Gasteiger partial charge is 0.494 e. The van der Waals surface area contributed by atoms with Gasteiger partial charge in [-0.25, -0.2) is 13.1 Å². The van der Waals surface area contributed by atoms with Crippen molar-refractivity contribution >= 4 is 27.5 Å². The number of rotatable bonds is 5. The monoisotopic (exact) mass is 450 g/mol. The summed E-state index contributed by atoms with van der Waals surface area (Å²) < 4.78 is 33.6. The first-order chi connectivity index (χ1) is 14.0. The number of nitrogens with zero attached hydrogens (tertiary/aromatic N) is 1. The number of nitrogens with one attached hydrogen (secondary N) is 1. The lowest BCUT2D eigenvalue weighted by Crippen LogP contribution is -2.40. The highest BCUT2D eigenvalue weighted by Gasteiger charge is 2.27. The molecule has 1 N–H and O–H groups in total. The van der Waals surface area contributed by atoms with Crippen LogP contribution in [0.2, 0.25) is 5.02 Å². The van der Waals surface area contributed by atoms with Gasteiger partial charge in [0.25, 0.3) is 5.91 Å². The summed E-state index contributed by atoms with van der Waals surface area (Å²) in [5.74, 6) is 0.546. The van der Waals surface area contributed by atoms with Crippen molar-refractivity contribution in [1.82, 2.24) is 9.62 Å². The van der Waals surface area contributed by atoms with Gasteiger partial charge >= 0.3 is 0 Å². The topological polar surface area (TPSA) is 75.7 Å². The quantitative estimate of drug-likeness (QED) is 0.746. The number of sulfonamides is 1. The molecule has 162 valence electrons. The molecule has 30 heavy (non-hydrogen) atoms. The smallest absolute Gasteiger partial charge is 0.254 e. The highest BCUT2D eigenvalue weighted by atomic mass is 35.5. The summed E-state index contributed by atoms with van der Waals surface area (Å²) in [6, 6.07) is 10.3. The zero-order valence-corrected chi connectivity index (χ0v) is 19.2. The molecule has 1 amide bonds. The number of benzene rings is 2. The molecule has 0 fully saturated rings. The van der Waals surface area contributed by atoms with E-state index < -0.39 is 15.6 Å². The molecule has 0 radical (unpaired) electrons. The van der Waals surface area contributed by atoms with Crippen LogP contribution in [-0.4, -0.2) is 37.9 Å². The third kappa shape index (κ3) is 5.14. The zero-order valence-electron chi connectivity index (χ0n) is 17.7. The molecular formula is C22H27ClN2O4S. The predicted octanol–water partition coefficient (Wildman–Crippen LogP) is 4.01. The van der Waals surface area contributed by atoms with E-state index in [0.717, 1.165) is 17.7 Å². The third-order valence-electron chi connectivity index (χ3n) is 4.70. The van der Waals surface area contributed by atoms with Crippen molar-refractivity contribution in [3.8, 4) is 5.75 Å². The Morgan fingerprint density at radius 3 is 2.57 bits per heavy atom. The molecule has 0 unspecified atom stereocenters. The van der Waals surface area contributed by atoms with Gasteiger partial charge in [-0.3, -0.25) is 4.79 Å². The van der Waals surface area contributed by atoms with Crippen molar-refractivity contribution in [1.29, 1.82) is 0 Å². The molecule has 0 aliphatic carbocycles. The molecule has 0 saturated heterocycles. The lowest BCUT2D eigenvalue weighted by molar-refractivity contribution is 0.0734. The van der Waals surface area contributed by atoms with Crippen molar-refractivity contribution in [3.63, 3.8) is 0 Å². The van der Waals surface area contributed by atoms with Crippen LogP contribution in [0.5, 0.6) is 5.75 Å². The van der Waals surface area contributed by atoms with Crippen LogP contribution in [-0.2, 0) is 23.0 Å². The second-order valence-electron chi connectivity index (χ2n) is 8.34. The molecule has 0 saturated carbocycles. The van der Waals surface area contributed by atoms with E-state index in [0.29, 0.717) is 19.7 Å². The summed E-state index contributed by atoms with van der Waals surface area (Å²) in [4.78, 5) is 14.8. The van der Waals surface area contributed by atoms with Crippen molar-refractivity contribution in [2.75, 3.05) is 13.2 Å². The van der Waals surface area contributed by atoms with Crippen LogP contribution in [0, 0.1) is 0 Å². The lowest BCUT2D eigenvalue weighted by atomic mass is 9.99. The standard InChI is InChI=1S/C22H27ClN2O4S/c1-5-29-18-8-6-15-10-11-25(14-17(15)12-18)21(26)16-7-9-19(23)20(13-16)30(27,28)24-22(2,3)4/h6-9,12-13,24H,5,10-11,14H2,1-4H3. The first-order valence-electron chi connectivity index (χ1n) is 9.87. The minimum Gasteiger partial charge on any atom is -0.494 e. The first kappa shape index (κ1) is 22.6. The van der Waals surface area contributed by atoms with Gasteiger partial charge in [-0.1, -0.05) is 17.7 Å². The van der Waals surface area contributed by atoms with Gasteiger partial charge in [0.1, 0.15) is 10.6 Å². The minimum absolute atomic E-state index is 0.0774. The fourth-order valence-electron chi connectivity index (χ4n) is 3.45. The highest BCUT2D eigenvalue weighted by molar-refractivity contribution is 7.89. The SMILES string of the molecule is CCOc1ccc2c(c1)CN(C(=O)c1ccc(Cl)c(S(=O)(=O)NC(C)(C)C)c1)CC2. The van der Waals surface area contributed by atoms with Crippen molar-refractivity contribution in [2.45, 2.75) is 51.1 Å². The Bertz CT molecular complexity index is 1060. The van der Waals surface area contributed by atoms with Gasteiger partial charge in [0, 0.05) is 24.2 Å². The van der Waals surface area contributed by atoms with E-state index in [1.807, 2.05) is 25.1 Å². The van der Waals surface area contributed by atoms with Crippen molar-refractivity contribution < 1.29 is 17.9 Å². The van der Waals surface area contributed by atoms with Crippen LogP contribution in [0.3, 0.4) is 0 Å². The highest BCUT2D eigenvalue weighted by Crippen LogP contribution is 2.27. The first-order valence-corrected chi connectivity index (χ1v) is 11.7. The summed E-state index contributed by atoms with van der Waals surface area (Å²) >= 11 is 6.16. The van der Waals surface area contributed by atoms with Crippen molar-refractivity contribution in [3.05, 3.63) is 58.1 Å². The fourth-order valence-corrected chi connectivity index (χ4v) is 5.39. The molecule has 3 rings (SSSR count). The molecule has 6 nitrogen and oxygen atoms in total. The molecule has 1 aliphatic rings. The van der Waals surface area contributed by atoms with Gasteiger partial charge in [-0.2, -0.15) is 0 Å². The molecule has 0 spiro atoms. The Balaban J connectivity index is 1.87. The molecule has 0 atom stereocenters. The Morgan fingerprint density at radius 2 is 1.90 bits per heavy atom. The third-order valence-corrected chi connectivity index (χ3v) is 6.94. The molecule has 0 aromatic heterocycles. The molecular weight excluding hydrogens is 424 g/mol. The normalized spacial score (nSPS) is 14.4. The Labute approximate surface area is 183 Å². The molecule has 1 heterocycles. The number of halogens is 1. The van der Waals surface area contributed by atoms with E-state index in [2.05, 4.69) is 4.72 Å². The average molecular weight is 451 g/mol. The molecule has 2 aromatic rings. The summed E-state index contributed by atoms with van der Waals surface area (Å²) in [7, 11) is -3.87. The second-order valence-corrected chi connectivity index (χ2v) is 10.4. The molecule has 2 aromatic carbocycles.